The predicted molar refractivity (Wildman–Crippen MR) is 82.0 cm³/mol. The number of hydrogen-bond donors (Lipinski definition) is 1. The van der Waals surface area contributed by atoms with Crippen molar-refractivity contribution in [3.05, 3.63) is 35.6 Å². The molecule has 3 atom stereocenters. The first-order chi connectivity index (χ1) is 9.61. The van der Waals surface area contributed by atoms with Crippen molar-refractivity contribution >= 4 is 0 Å². The van der Waals surface area contributed by atoms with Crippen LogP contribution in [0.5, 0.6) is 0 Å². The maximum atomic E-state index is 13.5. The van der Waals surface area contributed by atoms with Gasteiger partial charge in [0.15, 0.2) is 0 Å². The van der Waals surface area contributed by atoms with Crippen molar-refractivity contribution in [2.24, 2.45) is 11.7 Å². The zero-order valence-electron chi connectivity index (χ0n) is 12.7. The Morgan fingerprint density at radius 1 is 1.35 bits per heavy atom. The minimum atomic E-state index is -0.172. The van der Waals surface area contributed by atoms with E-state index in [4.69, 9.17) is 5.73 Å². The number of nitrogens with zero attached hydrogens (tertiary/aromatic N) is 1. The fourth-order valence-electron chi connectivity index (χ4n) is 3.41. The van der Waals surface area contributed by atoms with Crippen molar-refractivity contribution in [3.63, 3.8) is 0 Å². The van der Waals surface area contributed by atoms with Crippen LogP contribution in [0.2, 0.25) is 0 Å². The lowest BCUT2D eigenvalue weighted by Gasteiger charge is -2.34. The molecule has 0 aromatic heterocycles. The molecule has 0 bridgehead atoms. The summed E-state index contributed by atoms with van der Waals surface area (Å²) in [6, 6.07) is 7.05. The lowest BCUT2D eigenvalue weighted by Crippen LogP contribution is -2.40. The van der Waals surface area contributed by atoms with E-state index < -0.39 is 0 Å². The van der Waals surface area contributed by atoms with Crippen LogP contribution in [0.25, 0.3) is 0 Å². The first kappa shape index (κ1) is 15.5. The quantitative estimate of drug-likeness (QED) is 0.909. The first-order valence-corrected chi connectivity index (χ1v) is 7.87. The van der Waals surface area contributed by atoms with E-state index in [0.29, 0.717) is 0 Å². The third-order valence-electron chi connectivity index (χ3n) is 4.54. The highest BCUT2D eigenvalue weighted by molar-refractivity contribution is 5.21. The van der Waals surface area contributed by atoms with Crippen molar-refractivity contribution in [1.29, 1.82) is 0 Å². The van der Waals surface area contributed by atoms with Crippen LogP contribution in [-0.2, 0) is 0 Å². The normalized spacial score (nSPS) is 24.1. The van der Waals surface area contributed by atoms with Gasteiger partial charge in [-0.05, 0) is 62.9 Å². The maximum Gasteiger partial charge on any atom is 0.123 e. The van der Waals surface area contributed by atoms with Crippen LogP contribution in [0.3, 0.4) is 0 Å². The van der Waals surface area contributed by atoms with Gasteiger partial charge in [0.1, 0.15) is 5.82 Å². The van der Waals surface area contributed by atoms with Gasteiger partial charge in [-0.15, -0.1) is 0 Å². The summed E-state index contributed by atoms with van der Waals surface area (Å²) in [6.45, 7) is 6.44. The molecule has 112 valence electrons. The molecule has 20 heavy (non-hydrogen) atoms. The maximum absolute atomic E-state index is 13.5. The van der Waals surface area contributed by atoms with Crippen LogP contribution in [-0.4, -0.2) is 24.0 Å². The molecular formula is C17H27FN2. The van der Waals surface area contributed by atoms with Gasteiger partial charge in [-0.1, -0.05) is 25.5 Å². The first-order valence-electron chi connectivity index (χ1n) is 7.87. The highest BCUT2D eigenvalue weighted by atomic mass is 19.1. The van der Waals surface area contributed by atoms with Crippen LogP contribution in [0.1, 0.15) is 51.1 Å². The monoisotopic (exact) mass is 278 g/mol. The van der Waals surface area contributed by atoms with Gasteiger partial charge in [0, 0.05) is 12.1 Å². The van der Waals surface area contributed by atoms with Gasteiger partial charge >= 0.3 is 0 Å². The molecule has 1 fully saturated rings. The van der Waals surface area contributed by atoms with E-state index in [1.165, 1.54) is 31.7 Å². The molecule has 0 aliphatic carbocycles. The number of likely N-dealkylation sites (tertiary alicyclic amines) is 1. The van der Waals surface area contributed by atoms with Gasteiger partial charge in [-0.3, -0.25) is 4.90 Å². The summed E-state index contributed by atoms with van der Waals surface area (Å²) in [5.74, 6) is 0.663. The largest absolute Gasteiger partial charge is 0.326 e. The topological polar surface area (TPSA) is 29.3 Å². The molecule has 0 amide bonds. The molecule has 1 aliphatic heterocycles. The molecule has 0 radical (unpaired) electrons. The molecule has 0 spiro atoms. The SMILES string of the molecule is CCC1CCCN(C(c2cccc(F)c2)C(C)N)CC1. The highest BCUT2D eigenvalue weighted by Crippen LogP contribution is 2.29. The Morgan fingerprint density at radius 3 is 2.80 bits per heavy atom. The second-order valence-corrected chi connectivity index (χ2v) is 6.10. The Kier molecular flexibility index (Phi) is 5.55. The van der Waals surface area contributed by atoms with Gasteiger partial charge in [0.05, 0.1) is 0 Å². The summed E-state index contributed by atoms with van der Waals surface area (Å²) in [7, 11) is 0. The Morgan fingerprint density at radius 2 is 2.15 bits per heavy atom. The zero-order chi connectivity index (χ0) is 14.5. The zero-order valence-corrected chi connectivity index (χ0v) is 12.7. The summed E-state index contributed by atoms with van der Waals surface area (Å²) in [6.07, 6.45) is 5.02. The summed E-state index contributed by atoms with van der Waals surface area (Å²) in [4.78, 5) is 2.45. The third kappa shape index (κ3) is 3.80. The van der Waals surface area contributed by atoms with E-state index in [1.54, 1.807) is 12.1 Å². The van der Waals surface area contributed by atoms with Crippen LogP contribution >= 0.6 is 0 Å². The lowest BCUT2D eigenvalue weighted by atomic mass is 9.97. The number of halogens is 1. The third-order valence-corrected chi connectivity index (χ3v) is 4.54. The highest BCUT2D eigenvalue weighted by Gasteiger charge is 2.26. The van der Waals surface area contributed by atoms with Gasteiger partial charge < -0.3 is 5.73 Å². The van der Waals surface area contributed by atoms with Gasteiger partial charge in [-0.25, -0.2) is 4.39 Å². The minimum Gasteiger partial charge on any atom is -0.326 e. The van der Waals surface area contributed by atoms with E-state index in [1.807, 2.05) is 13.0 Å². The standard InChI is InChI=1S/C17H27FN2/c1-3-14-6-5-10-20(11-9-14)17(13(2)19)15-7-4-8-16(18)12-15/h4,7-8,12-14,17H,3,5-6,9-11,19H2,1-2H3. The molecule has 1 heterocycles. The molecule has 2 N–H and O–H groups in total. The minimum absolute atomic E-state index is 0.00924. The van der Waals surface area contributed by atoms with E-state index in [2.05, 4.69) is 11.8 Å². The second-order valence-electron chi connectivity index (χ2n) is 6.10. The Bertz CT molecular complexity index is 419. The molecule has 1 aromatic rings. The summed E-state index contributed by atoms with van der Waals surface area (Å²) in [5, 5.41) is 0. The Hall–Kier alpha value is -0.930. The lowest BCUT2D eigenvalue weighted by molar-refractivity contribution is 0.180. The van der Waals surface area contributed by atoms with Crippen molar-refractivity contribution < 1.29 is 4.39 Å². The molecule has 0 saturated carbocycles. The van der Waals surface area contributed by atoms with Gasteiger partial charge in [0.25, 0.3) is 0 Å². The number of benzene rings is 1. The fourth-order valence-corrected chi connectivity index (χ4v) is 3.41. The average molecular weight is 278 g/mol. The van der Waals surface area contributed by atoms with Crippen LogP contribution in [0, 0.1) is 11.7 Å². The van der Waals surface area contributed by atoms with E-state index in [9.17, 15) is 4.39 Å². The summed E-state index contributed by atoms with van der Waals surface area (Å²) in [5.41, 5.74) is 7.21. The van der Waals surface area contributed by atoms with Crippen LogP contribution in [0.15, 0.2) is 24.3 Å². The molecule has 1 saturated heterocycles. The van der Waals surface area contributed by atoms with Crippen molar-refractivity contribution in [2.45, 2.75) is 51.6 Å². The van der Waals surface area contributed by atoms with Gasteiger partial charge in [-0.2, -0.15) is 0 Å². The molecule has 3 unspecified atom stereocenters. The van der Waals surface area contributed by atoms with Crippen molar-refractivity contribution in [3.8, 4) is 0 Å². The molecule has 2 nitrogen and oxygen atoms in total. The molecule has 1 aliphatic rings. The Balaban J connectivity index is 2.16. The fraction of sp³-hybridized carbons (Fsp3) is 0.647. The Labute approximate surface area is 122 Å². The van der Waals surface area contributed by atoms with E-state index in [0.717, 1.165) is 24.6 Å². The smallest absolute Gasteiger partial charge is 0.123 e. The van der Waals surface area contributed by atoms with Crippen LogP contribution < -0.4 is 5.73 Å². The number of rotatable bonds is 4. The van der Waals surface area contributed by atoms with Crippen molar-refractivity contribution in [1.82, 2.24) is 4.90 Å². The molecule has 3 heteroatoms. The number of nitrogens with two attached hydrogens (primary N) is 1. The van der Waals surface area contributed by atoms with Crippen molar-refractivity contribution in [2.75, 3.05) is 13.1 Å². The summed E-state index contributed by atoms with van der Waals surface area (Å²) >= 11 is 0. The van der Waals surface area contributed by atoms with E-state index >= 15 is 0 Å². The second kappa shape index (κ2) is 7.19. The molecular weight excluding hydrogens is 251 g/mol. The molecule has 2 rings (SSSR count). The summed E-state index contributed by atoms with van der Waals surface area (Å²) < 4.78 is 13.5. The number of hydrogen-bond acceptors (Lipinski definition) is 2. The molecule has 1 aromatic carbocycles. The predicted octanol–water partition coefficient (Wildman–Crippen LogP) is 3.73. The van der Waals surface area contributed by atoms with Crippen LogP contribution in [0.4, 0.5) is 4.39 Å². The van der Waals surface area contributed by atoms with Gasteiger partial charge in [0.2, 0.25) is 0 Å². The van der Waals surface area contributed by atoms with E-state index in [-0.39, 0.29) is 17.9 Å². The average Bonchev–Trinajstić information content (AvgIpc) is 2.64.